The molecule has 92 valence electrons. The number of halogens is 2. The molecule has 0 aliphatic carbocycles. The van der Waals surface area contributed by atoms with Gasteiger partial charge in [0.25, 0.3) is 0 Å². The van der Waals surface area contributed by atoms with Crippen molar-refractivity contribution in [2.24, 2.45) is 0 Å². The molecule has 1 unspecified atom stereocenters. The minimum absolute atomic E-state index is 0.134. The van der Waals surface area contributed by atoms with Crippen LogP contribution in [-0.2, 0) is 0 Å². The number of benzene rings is 1. The van der Waals surface area contributed by atoms with E-state index in [1.165, 1.54) is 6.07 Å². The SMILES string of the molecule is O=C(CC1CSCCN1)c1ccc(F)c(F)c1. The summed E-state index contributed by atoms with van der Waals surface area (Å²) in [5.74, 6) is -0.107. The summed E-state index contributed by atoms with van der Waals surface area (Å²) in [4.78, 5) is 11.8. The molecule has 1 fully saturated rings. The molecule has 0 radical (unpaired) electrons. The van der Waals surface area contributed by atoms with Gasteiger partial charge in [0.05, 0.1) is 0 Å². The molecule has 0 saturated carbocycles. The van der Waals surface area contributed by atoms with Crippen molar-refractivity contribution in [3.05, 3.63) is 35.4 Å². The second-order valence-electron chi connectivity index (χ2n) is 3.98. The van der Waals surface area contributed by atoms with Crippen LogP contribution in [0.1, 0.15) is 16.8 Å². The zero-order valence-electron chi connectivity index (χ0n) is 9.21. The Morgan fingerprint density at radius 3 is 2.88 bits per heavy atom. The van der Waals surface area contributed by atoms with Crippen LogP contribution in [0, 0.1) is 11.6 Å². The standard InChI is InChI=1S/C12H13F2NOS/c13-10-2-1-8(5-11(10)14)12(16)6-9-7-17-4-3-15-9/h1-2,5,9,15H,3-4,6-7H2. The molecule has 5 heteroatoms. The maximum absolute atomic E-state index is 13.0. The van der Waals surface area contributed by atoms with Crippen LogP contribution in [0.25, 0.3) is 0 Å². The molecule has 0 amide bonds. The quantitative estimate of drug-likeness (QED) is 0.842. The molecule has 1 saturated heterocycles. The molecule has 1 aliphatic heterocycles. The van der Waals surface area contributed by atoms with Gasteiger partial charge in [0.15, 0.2) is 17.4 Å². The topological polar surface area (TPSA) is 29.1 Å². The van der Waals surface area contributed by atoms with Crippen molar-refractivity contribution >= 4 is 17.5 Å². The number of carbonyl (C=O) groups excluding carboxylic acids is 1. The van der Waals surface area contributed by atoms with Crippen LogP contribution in [0.3, 0.4) is 0 Å². The van der Waals surface area contributed by atoms with Crippen LogP contribution in [0.4, 0.5) is 8.78 Å². The van der Waals surface area contributed by atoms with Gasteiger partial charge in [-0.1, -0.05) is 0 Å². The van der Waals surface area contributed by atoms with E-state index in [2.05, 4.69) is 5.32 Å². The van der Waals surface area contributed by atoms with Crippen molar-refractivity contribution in [1.29, 1.82) is 0 Å². The summed E-state index contributed by atoms with van der Waals surface area (Å²) >= 11 is 1.80. The summed E-state index contributed by atoms with van der Waals surface area (Å²) in [5.41, 5.74) is 0.237. The van der Waals surface area contributed by atoms with E-state index in [1.54, 1.807) is 11.8 Å². The molecule has 2 nitrogen and oxygen atoms in total. The maximum atomic E-state index is 13.0. The van der Waals surface area contributed by atoms with E-state index in [-0.39, 0.29) is 17.4 Å². The molecule has 17 heavy (non-hydrogen) atoms. The Morgan fingerprint density at radius 2 is 2.24 bits per heavy atom. The van der Waals surface area contributed by atoms with Gasteiger partial charge in [-0.25, -0.2) is 8.78 Å². The Kier molecular flexibility index (Phi) is 4.12. The highest BCUT2D eigenvalue weighted by Crippen LogP contribution is 2.15. The van der Waals surface area contributed by atoms with Gasteiger partial charge >= 0.3 is 0 Å². The third kappa shape index (κ3) is 3.26. The highest BCUT2D eigenvalue weighted by Gasteiger charge is 2.18. The highest BCUT2D eigenvalue weighted by atomic mass is 32.2. The smallest absolute Gasteiger partial charge is 0.164 e. The van der Waals surface area contributed by atoms with Crippen molar-refractivity contribution in [2.75, 3.05) is 18.1 Å². The zero-order chi connectivity index (χ0) is 12.3. The molecule has 1 aromatic carbocycles. The fourth-order valence-electron chi connectivity index (χ4n) is 1.76. The van der Waals surface area contributed by atoms with Gasteiger partial charge in [-0.05, 0) is 18.2 Å². The summed E-state index contributed by atoms with van der Waals surface area (Å²) in [6.45, 7) is 0.889. The molecule has 1 aliphatic rings. The summed E-state index contributed by atoms with van der Waals surface area (Å²) in [5, 5.41) is 3.24. The fourth-order valence-corrected chi connectivity index (χ4v) is 2.71. The lowest BCUT2D eigenvalue weighted by molar-refractivity contribution is 0.0971. The number of hydrogen-bond donors (Lipinski definition) is 1. The van der Waals surface area contributed by atoms with E-state index in [0.717, 1.165) is 30.2 Å². The third-order valence-electron chi connectivity index (χ3n) is 2.67. The van der Waals surface area contributed by atoms with Crippen LogP contribution in [0.15, 0.2) is 18.2 Å². The zero-order valence-corrected chi connectivity index (χ0v) is 10.0. The Hall–Kier alpha value is -0.940. The van der Waals surface area contributed by atoms with Gasteiger partial charge in [-0.15, -0.1) is 0 Å². The van der Waals surface area contributed by atoms with Crippen molar-refractivity contribution in [3.63, 3.8) is 0 Å². The van der Waals surface area contributed by atoms with Crippen LogP contribution in [0.5, 0.6) is 0 Å². The molecular weight excluding hydrogens is 244 g/mol. The normalized spacial score (nSPS) is 20.2. The first-order valence-electron chi connectivity index (χ1n) is 5.46. The number of thioether (sulfide) groups is 1. The van der Waals surface area contributed by atoms with E-state index in [4.69, 9.17) is 0 Å². The number of ketones is 1. The van der Waals surface area contributed by atoms with Crippen molar-refractivity contribution in [1.82, 2.24) is 5.32 Å². The van der Waals surface area contributed by atoms with Gasteiger partial charge in [0, 0.05) is 36.1 Å². The Bertz CT molecular complexity index is 419. The van der Waals surface area contributed by atoms with Crippen LogP contribution >= 0.6 is 11.8 Å². The van der Waals surface area contributed by atoms with Crippen molar-refractivity contribution in [3.8, 4) is 0 Å². The van der Waals surface area contributed by atoms with Crippen molar-refractivity contribution < 1.29 is 13.6 Å². The Labute approximate surface area is 103 Å². The highest BCUT2D eigenvalue weighted by molar-refractivity contribution is 7.99. The first-order chi connectivity index (χ1) is 8.16. The van der Waals surface area contributed by atoms with Crippen LogP contribution < -0.4 is 5.32 Å². The summed E-state index contributed by atoms with van der Waals surface area (Å²) in [7, 11) is 0. The molecule has 0 bridgehead atoms. The lowest BCUT2D eigenvalue weighted by Crippen LogP contribution is -2.38. The minimum atomic E-state index is -0.971. The van der Waals surface area contributed by atoms with E-state index < -0.39 is 11.6 Å². The predicted molar refractivity (Wildman–Crippen MR) is 64.4 cm³/mol. The second-order valence-corrected chi connectivity index (χ2v) is 5.13. The largest absolute Gasteiger partial charge is 0.312 e. The summed E-state index contributed by atoms with van der Waals surface area (Å²) < 4.78 is 25.7. The van der Waals surface area contributed by atoms with Gasteiger partial charge in [-0.3, -0.25) is 4.79 Å². The second kappa shape index (κ2) is 5.60. The molecular formula is C12H13F2NOS. The lowest BCUT2D eigenvalue weighted by Gasteiger charge is -2.22. The lowest BCUT2D eigenvalue weighted by atomic mass is 10.0. The van der Waals surface area contributed by atoms with Crippen molar-refractivity contribution in [2.45, 2.75) is 12.5 Å². The number of carbonyl (C=O) groups is 1. The molecule has 1 aromatic rings. The van der Waals surface area contributed by atoms with E-state index in [9.17, 15) is 13.6 Å². The fraction of sp³-hybridized carbons (Fsp3) is 0.417. The number of hydrogen-bond acceptors (Lipinski definition) is 3. The first kappa shape index (κ1) is 12.5. The molecule has 0 spiro atoms. The van der Waals surface area contributed by atoms with Crippen LogP contribution in [0.2, 0.25) is 0 Å². The molecule has 1 heterocycles. The summed E-state index contributed by atoms with van der Waals surface area (Å²) in [6.07, 6.45) is 0.331. The van der Waals surface area contributed by atoms with Gasteiger partial charge in [0.2, 0.25) is 0 Å². The molecule has 0 aromatic heterocycles. The maximum Gasteiger partial charge on any atom is 0.164 e. The van der Waals surface area contributed by atoms with Crippen LogP contribution in [-0.4, -0.2) is 29.9 Å². The monoisotopic (exact) mass is 257 g/mol. The van der Waals surface area contributed by atoms with E-state index in [0.29, 0.717) is 6.42 Å². The average molecular weight is 257 g/mol. The summed E-state index contributed by atoms with van der Waals surface area (Å²) in [6, 6.07) is 3.42. The minimum Gasteiger partial charge on any atom is -0.312 e. The molecule has 1 atom stereocenters. The Balaban J connectivity index is 2.01. The molecule has 2 rings (SSSR count). The van der Waals surface area contributed by atoms with Gasteiger partial charge < -0.3 is 5.32 Å². The van der Waals surface area contributed by atoms with E-state index in [1.807, 2.05) is 0 Å². The number of nitrogens with one attached hydrogen (secondary N) is 1. The van der Waals surface area contributed by atoms with Gasteiger partial charge in [-0.2, -0.15) is 11.8 Å². The number of rotatable bonds is 3. The number of Topliss-reactive ketones (excluding diaryl/α,β-unsaturated/α-hetero) is 1. The first-order valence-corrected chi connectivity index (χ1v) is 6.61. The van der Waals surface area contributed by atoms with E-state index >= 15 is 0 Å². The van der Waals surface area contributed by atoms with Gasteiger partial charge in [0.1, 0.15) is 0 Å². The molecule has 1 N–H and O–H groups in total. The predicted octanol–water partition coefficient (Wildman–Crippen LogP) is 2.24. The third-order valence-corrected chi connectivity index (χ3v) is 3.80. The Morgan fingerprint density at radius 1 is 1.41 bits per heavy atom. The average Bonchev–Trinajstić information content (AvgIpc) is 2.34.